The highest BCUT2D eigenvalue weighted by atomic mass is 32.1. The van der Waals surface area contributed by atoms with E-state index in [1.54, 1.807) is 6.20 Å². The molecule has 0 aromatic carbocycles. The summed E-state index contributed by atoms with van der Waals surface area (Å²) < 4.78 is 4.22. The lowest BCUT2D eigenvalue weighted by Gasteiger charge is -2.00. The van der Waals surface area contributed by atoms with E-state index in [9.17, 15) is 0 Å². The molecule has 0 saturated carbocycles. The number of H-pyrrole nitrogens is 1. The number of hydrogen-bond donors (Lipinski definition) is 2. The van der Waals surface area contributed by atoms with Gasteiger partial charge in [0.05, 0.1) is 0 Å². The lowest BCUT2D eigenvalue weighted by molar-refractivity contribution is 0.825. The first-order chi connectivity index (χ1) is 7.88. The highest BCUT2D eigenvalue weighted by molar-refractivity contribution is 7.09. The fraction of sp³-hybridized carbons (Fsp3) is 0.500. The molecule has 86 valence electrons. The molecular weight excluding hydrogens is 222 g/mol. The summed E-state index contributed by atoms with van der Waals surface area (Å²) in [6, 6.07) is 2.00. The molecule has 0 bridgehead atoms. The minimum absolute atomic E-state index is 0.895. The first-order valence-corrected chi connectivity index (χ1v) is 6.20. The van der Waals surface area contributed by atoms with Crippen LogP contribution >= 0.6 is 11.5 Å². The lowest BCUT2D eigenvalue weighted by Crippen LogP contribution is -2.03. The minimum Gasteiger partial charge on any atom is -0.360 e. The van der Waals surface area contributed by atoms with Gasteiger partial charge in [0.25, 0.3) is 0 Å². The molecule has 0 radical (unpaired) electrons. The monoisotopic (exact) mass is 237 g/mol. The van der Waals surface area contributed by atoms with Crippen molar-refractivity contribution in [3.05, 3.63) is 23.8 Å². The Morgan fingerprint density at radius 3 is 3.12 bits per heavy atom. The molecule has 5 nitrogen and oxygen atoms in total. The van der Waals surface area contributed by atoms with Crippen molar-refractivity contribution in [3.63, 3.8) is 0 Å². The van der Waals surface area contributed by atoms with Crippen molar-refractivity contribution in [1.29, 1.82) is 0 Å². The van der Waals surface area contributed by atoms with E-state index in [4.69, 9.17) is 0 Å². The van der Waals surface area contributed by atoms with Crippen LogP contribution in [0.25, 0.3) is 0 Å². The van der Waals surface area contributed by atoms with E-state index in [0.717, 1.165) is 36.8 Å². The van der Waals surface area contributed by atoms with Gasteiger partial charge in [-0.25, -0.2) is 4.98 Å². The van der Waals surface area contributed by atoms with E-state index in [2.05, 4.69) is 31.8 Å². The summed E-state index contributed by atoms with van der Waals surface area (Å²) >= 11 is 1.43. The summed E-state index contributed by atoms with van der Waals surface area (Å²) in [5.41, 5.74) is 1.17. The Labute approximate surface area is 98.5 Å². The standard InChI is InChI=1S/C10H15N5S/c1-2-9-13-10(16-15-9)11-6-3-4-8-5-7-12-14-8/h5,7H,2-4,6H2,1H3,(H,12,14)(H,11,13,15). The fourth-order valence-electron chi connectivity index (χ4n) is 1.37. The predicted molar refractivity (Wildman–Crippen MR) is 64.7 cm³/mol. The molecule has 6 heteroatoms. The number of nitrogens with zero attached hydrogens (tertiary/aromatic N) is 3. The SMILES string of the molecule is CCc1nsc(NCCCc2ccn[nH]2)n1. The molecule has 2 aromatic rings. The molecular formula is C10H15N5S. The van der Waals surface area contributed by atoms with E-state index in [0.29, 0.717) is 0 Å². The summed E-state index contributed by atoms with van der Waals surface area (Å²) in [7, 11) is 0. The van der Waals surface area contributed by atoms with E-state index in [-0.39, 0.29) is 0 Å². The molecule has 2 rings (SSSR count). The fourth-order valence-corrected chi connectivity index (χ4v) is 2.04. The number of aromatic nitrogens is 4. The van der Waals surface area contributed by atoms with Gasteiger partial charge in [-0.15, -0.1) is 0 Å². The van der Waals surface area contributed by atoms with Crippen molar-refractivity contribution in [2.45, 2.75) is 26.2 Å². The molecule has 0 atom stereocenters. The Morgan fingerprint density at radius 1 is 1.50 bits per heavy atom. The van der Waals surface area contributed by atoms with Crippen LogP contribution < -0.4 is 5.32 Å². The molecule has 16 heavy (non-hydrogen) atoms. The van der Waals surface area contributed by atoms with E-state index >= 15 is 0 Å². The van der Waals surface area contributed by atoms with Crippen molar-refractivity contribution in [2.24, 2.45) is 0 Å². The molecule has 2 heterocycles. The number of aromatic amines is 1. The van der Waals surface area contributed by atoms with Crippen LogP contribution in [-0.2, 0) is 12.8 Å². The third kappa shape index (κ3) is 3.03. The van der Waals surface area contributed by atoms with Crippen LogP contribution in [0, 0.1) is 0 Å². The maximum absolute atomic E-state index is 4.34. The first kappa shape index (κ1) is 11.1. The normalized spacial score (nSPS) is 10.6. The molecule has 0 amide bonds. The Hall–Kier alpha value is -1.43. The molecule has 2 aromatic heterocycles. The second kappa shape index (κ2) is 5.60. The van der Waals surface area contributed by atoms with E-state index in [1.165, 1.54) is 17.2 Å². The van der Waals surface area contributed by atoms with Gasteiger partial charge in [0.15, 0.2) is 0 Å². The van der Waals surface area contributed by atoms with E-state index in [1.807, 2.05) is 6.07 Å². The van der Waals surface area contributed by atoms with Gasteiger partial charge >= 0.3 is 0 Å². The lowest BCUT2D eigenvalue weighted by atomic mass is 10.2. The second-order valence-corrected chi connectivity index (χ2v) is 4.23. The highest BCUT2D eigenvalue weighted by Crippen LogP contribution is 2.11. The molecule has 0 fully saturated rings. The van der Waals surface area contributed by atoms with Crippen molar-refractivity contribution in [2.75, 3.05) is 11.9 Å². The zero-order valence-electron chi connectivity index (χ0n) is 9.23. The van der Waals surface area contributed by atoms with Crippen molar-refractivity contribution >= 4 is 16.7 Å². The Bertz CT molecular complexity index is 409. The van der Waals surface area contributed by atoms with Crippen LogP contribution in [0.4, 0.5) is 5.13 Å². The topological polar surface area (TPSA) is 66.5 Å². The minimum atomic E-state index is 0.895. The summed E-state index contributed by atoms with van der Waals surface area (Å²) in [6.07, 6.45) is 4.74. The third-order valence-electron chi connectivity index (χ3n) is 2.24. The summed E-state index contributed by atoms with van der Waals surface area (Å²) in [5.74, 6) is 0.918. The Kier molecular flexibility index (Phi) is 3.87. The molecule has 0 unspecified atom stereocenters. The molecule has 0 spiro atoms. The van der Waals surface area contributed by atoms with Gasteiger partial charge in [-0.2, -0.15) is 9.47 Å². The average molecular weight is 237 g/mol. The van der Waals surface area contributed by atoms with Crippen molar-refractivity contribution in [1.82, 2.24) is 19.6 Å². The largest absolute Gasteiger partial charge is 0.360 e. The van der Waals surface area contributed by atoms with Gasteiger partial charge in [0, 0.05) is 36.4 Å². The molecule has 0 saturated heterocycles. The zero-order chi connectivity index (χ0) is 11.2. The molecule has 0 aliphatic rings. The molecule has 2 N–H and O–H groups in total. The molecule has 0 aliphatic heterocycles. The third-order valence-corrected chi connectivity index (χ3v) is 2.95. The number of aryl methyl sites for hydroxylation is 2. The summed E-state index contributed by atoms with van der Waals surface area (Å²) in [4.78, 5) is 4.34. The van der Waals surface area contributed by atoms with Gasteiger partial charge in [0.1, 0.15) is 5.82 Å². The second-order valence-electron chi connectivity index (χ2n) is 3.48. The van der Waals surface area contributed by atoms with Crippen LogP contribution in [0.2, 0.25) is 0 Å². The van der Waals surface area contributed by atoms with Gasteiger partial charge in [0.2, 0.25) is 5.13 Å². The number of anilines is 1. The van der Waals surface area contributed by atoms with Gasteiger partial charge in [-0.05, 0) is 18.9 Å². The number of hydrogen-bond acceptors (Lipinski definition) is 5. The molecule has 0 aliphatic carbocycles. The van der Waals surface area contributed by atoms with Gasteiger partial charge in [-0.3, -0.25) is 5.10 Å². The summed E-state index contributed by atoms with van der Waals surface area (Å²) in [5, 5.41) is 11.0. The maximum atomic E-state index is 4.34. The van der Waals surface area contributed by atoms with Crippen molar-refractivity contribution in [3.8, 4) is 0 Å². The maximum Gasteiger partial charge on any atom is 0.202 e. The quantitative estimate of drug-likeness (QED) is 0.753. The summed E-state index contributed by atoms with van der Waals surface area (Å²) in [6.45, 7) is 2.97. The van der Waals surface area contributed by atoms with E-state index < -0.39 is 0 Å². The van der Waals surface area contributed by atoms with Gasteiger partial charge in [-0.1, -0.05) is 6.92 Å². The van der Waals surface area contributed by atoms with Crippen LogP contribution in [0.1, 0.15) is 24.9 Å². The smallest absolute Gasteiger partial charge is 0.202 e. The Morgan fingerprint density at radius 2 is 2.44 bits per heavy atom. The predicted octanol–water partition coefficient (Wildman–Crippen LogP) is 1.87. The van der Waals surface area contributed by atoms with Crippen molar-refractivity contribution < 1.29 is 0 Å². The highest BCUT2D eigenvalue weighted by Gasteiger charge is 2.00. The van der Waals surface area contributed by atoms with Crippen LogP contribution in [0.5, 0.6) is 0 Å². The van der Waals surface area contributed by atoms with Gasteiger partial charge < -0.3 is 5.32 Å². The van der Waals surface area contributed by atoms with Crippen LogP contribution in [0.15, 0.2) is 12.3 Å². The Balaban J connectivity index is 1.68. The van der Waals surface area contributed by atoms with Crippen LogP contribution in [0.3, 0.4) is 0 Å². The zero-order valence-corrected chi connectivity index (χ0v) is 10.0. The first-order valence-electron chi connectivity index (χ1n) is 5.43. The number of rotatable bonds is 6. The average Bonchev–Trinajstić information content (AvgIpc) is 2.95. The van der Waals surface area contributed by atoms with Crippen LogP contribution in [-0.4, -0.2) is 26.1 Å². The number of nitrogens with one attached hydrogen (secondary N) is 2.